The number of carbonyl (C=O) groups is 2. The smallest absolute Gasteiger partial charge is 0.257 e. The molecular formula is C19H21ClN2O3. The van der Waals surface area contributed by atoms with Crippen molar-refractivity contribution in [2.24, 2.45) is 0 Å². The van der Waals surface area contributed by atoms with Gasteiger partial charge in [0.2, 0.25) is 5.91 Å². The molecule has 0 aliphatic carbocycles. The molecule has 0 aromatic heterocycles. The van der Waals surface area contributed by atoms with Crippen LogP contribution in [0.4, 0.5) is 5.69 Å². The van der Waals surface area contributed by atoms with Crippen molar-refractivity contribution >= 4 is 29.1 Å². The third-order valence-corrected chi connectivity index (χ3v) is 3.67. The first-order valence-corrected chi connectivity index (χ1v) is 8.48. The maximum atomic E-state index is 12.1. The molecule has 0 radical (unpaired) electrons. The summed E-state index contributed by atoms with van der Waals surface area (Å²) in [5, 5.41) is 6.17. The van der Waals surface area contributed by atoms with Gasteiger partial charge in [0, 0.05) is 29.7 Å². The number of hydrogen-bond acceptors (Lipinski definition) is 3. The fourth-order valence-electron chi connectivity index (χ4n) is 2.19. The molecule has 2 rings (SSSR count). The minimum Gasteiger partial charge on any atom is -0.484 e. The number of likely N-dealkylation sites (N-methyl/N-ethyl adjacent to an activating group) is 1. The van der Waals surface area contributed by atoms with Crippen LogP contribution >= 0.6 is 11.6 Å². The number of benzene rings is 2. The fourth-order valence-corrected chi connectivity index (χ4v) is 2.32. The van der Waals surface area contributed by atoms with Crippen LogP contribution in [0, 0.1) is 0 Å². The minimum atomic E-state index is -0.181. The number of amides is 2. The lowest BCUT2D eigenvalue weighted by Crippen LogP contribution is -2.28. The molecule has 2 aromatic carbocycles. The fraction of sp³-hybridized carbons (Fsp3) is 0.263. The first-order chi connectivity index (χ1) is 12.1. The Balaban J connectivity index is 1.82. The van der Waals surface area contributed by atoms with E-state index in [2.05, 4.69) is 10.6 Å². The van der Waals surface area contributed by atoms with Gasteiger partial charge in [0.1, 0.15) is 5.75 Å². The summed E-state index contributed by atoms with van der Waals surface area (Å²) in [6.07, 6.45) is 1.00. The molecule has 0 fully saturated rings. The summed E-state index contributed by atoms with van der Waals surface area (Å²) in [5.74, 6) is 0.262. The summed E-state index contributed by atoms with van der Waals surface area (Å²) in [4.78, 5) is 23.5. The van der Waals surface area contributed by atoms with E-state index in [1.165, 1.54) is 0 Å². The van der Waals surface area contributed by atoms with E-state index >= 15 is 0 Å². The summed E-state index contributed by atoms with van der Waals surface area (Å²) in [5.41, 5.74) is 1.69. The maximum Gasteiger partial charge on any atom is 0.257 e. The van der Waals surface area contributed by atoms with Crippen LogP contribution in [0.2, 0.25) is 5.02 Å². The molecule has 5 nitrogen and oxygen atoms in total. The Morgan fingerprint density at radius 1 is 1.08 bits per heavy atom. The van der Waals surface area contributed by atoms with Gasteiger partial charge in [0.15, 0.2) is 6.61 Å². The van der Waals surface area contributed by atoms with Crippen molar-refractivity contribution in [2.45, 2.75) is 19.8 Å². The molecule has 0 bridgehead atoms. The highest BCUT2D eigenvalue weighted by atomic mass is 35.5. The van der Waals surface area contributed by atoms with Crippen molar-refractivity contribution in [1.82, 2.24) is 5.32 Å². The molecule has 2 amide bonds. The summed E-state index contributed by atoms with van der Waals surface area (Å²) in [6.45, 7) is 2.35. The highest BCUT2D eigenvalue weighted by molar-refractivity contribution is 6.30. The van der Waals surface area contributed by atoms with Gasteiger partial charge in [0.05, 0.1) is 0 Å². The third kappa shape index (κ3) is 6.85. The van der Waals surface area contributed by atoms with Gasteiger partial charge in [-0.15, -0.1) is 0 Å². The SMILES string of the molecule is CCNC(=O)COc1cccc(NC(=O)CCc2ccc(Cl)cc2)c1. The lowest BCUT2D eigenvalue weighted by Gasteiger charge is -2.09. The van der Waals surface area contributed by atoms with Crippen molar-refractivity contribution in [3.8, 4) is 5.75 Å². The van der Waals surface area contributed by atoms with Crippen LogP contribution in [0.15, 0.2) is 48.5 Å². The first kappa shape index (κ1) is 18.8. The van der Waals surface area contributed by atoms with Gasteiger partial charge in [-0.05, 0) is 43.2 Å². The topological polar surface area (TPSA) is 67.4 Å². The number of carbonyl (C=O) groups excluding carboxylic acids is 2. The second-order valence-corrected chi connectivity index (χ2v) is 5.88. The monoisotopic (exact) mass is 360 g/mol. The average molecular weight is 361 g/mol. The van der Waals surface area contributed by atoms with E-state index in [0.29, 0.717) is 35.8 Å². The van der Waals surface area contributed by atoms with Crippen molar-refractivity contribution < 1.29 is 14.3 Å². The molecule has 132 valence electrons. The molecule has 0 heterocycles. The molecule has 0 spiro atoms. The molecule has 2 N–H and O–H groups in total. The Morgan fingerprint density at radius 2 is 1.84 bits per heavy atom. The van der Waals surface area contributed by atoms with E-state index in [-0.39, 0.29) is 18.4 Å². The largest absolute Gasteiger partial charge is 0.484 e. The van der Waals surface area contributed by atoms with Gasteiger partial charge in [-0.2, -0.15) is 0 Å². The number of ether oxygens (including phenoxy) is 1. The van der Waals surface area contributed by atoms with Crippen molar-refractivity contribution in [3.63, 3.8) is 0 Å². The van der Waals surface area contributed by atoms with Gasteiger partial charge in [-0.1, -0.05) is 29.8 Å². The maximum absolute atomic E-state index is 12.1. The molecule has 0 aliphatic rings. The Labute approximate surface area is 152 Å². The van der Waals surface area contributed by atoms with E-state index in [1.807, 2.05) is 31.2 Å². The number of rotatable bonds is 8. The summed E-state index contributed by atoms with van der Waals surface area (Å²) in [7, 11) is 0. The second-order valence-electron chi connectivity index (χ2n) is 5.44. The van der Waals surface area contributed by atoms with Crippen LogP contribution < -0.4 is 15.4 Å². The van der Waals surface area contributed by atoms with Crippen molar-refractivity contribution in [3.05, 3.63) is 59.1 Å². The van der Waals surface area contributed by atoms with Gasteiger partial charge in [-0.25, -0.2) is 0 Å². The molecule has 0 aliphatic heterocycles. The summed E-state index contributed by atoms with van der Waals surface area (Å²) < 4.78 is 5.41. The van der Waals surface area contributed by atoms with Crippen LogP contribution in [0.5, 0.6) is 5.75 Å². The van der Waals surface area contributed by atoms with Crippen LogP contribution in [-0.2, 0) is 16.0 Å². The van der Waals surface area contributed by atoms with Crippen molar-refractivity contribution in [1.29, 1.82) is 0 Å². The second kappa shape index (κ2) is 9.69. The summed E-state index contributed by atoms with van der Waals surface area (Å²) >= 11 is 5.84. The van der Waals surface area contributed by atoms with Gasteiger partial charge in [-0.3, -0.25) is 9.59 Å². The van der Waals surface area contributed by atoms with Gasteiger partial charge < -0.3 is 15.4 Å². The number of halogens is 1. The zero-order valence-electron chi connectivity index (χ0n) is 14.0. The molecule has 2 aromatic rings. The van der Waals surface area contributed by atoms with E-state index in [9.17, 15) is 9.59 Å². The quantitative estimate of drug-likeness (QED) is 0.757. The Hall–Kier alpha value is -2.53. The number of aryl methyl sites for hydroxylation is 1. The number of anilines is 1. The van der Waals surface area contributed by atoms with Crippen LogP contribution in [0.25, 0.3) is 0 Å². The van der Waals surface area contributed by atoms with E-state index in [4.69, 9.17) is 16.3 Å². The van der Waals surface area contributed by atoms with E-state index in [1.54, 1.807) is 24.3 Å². The standard InChI is InChI=1S/C19H21ClN2O3/c1-2-21-19(24)13-25-17-5-3-4-16(12-17)22-18(23)11-8-14-6-9-15(20)10-7-14/h3-7,9-10,12H,2,8,11,13H2,1H3,(H,21,24)(H,22,23). The Kier molecular flexibility index (Phi) is 7.29. The Bertz CT molecular complexity index is 717. The molecular weight excluding hydrogens is 340 g/mol. The van der Waals surface area contributed by atoms with Crippen molar-refractivity contribution in [2.75, 3.05) is 18.5 Å². The minimum absolute atomic E-state index is 0.0538. The summed E-state index contributed by atoms with van der Waals surface area (Å²) in [6, 6.07) is 14.4. The zero-order chi connectivity index (χ0) is 18.1. The number of nitrogens with one attached hydrogen (secondary N) is 2. The predicted octanol–water partition coefficient (Wildman–Crippen LogP) is 3.43. The molecule has 0 saturated carbocycles. The molecule has 25 heavy (non-hydrogen) atoms. The van der Waals surface area contributed by atoms with Gasteiger partial charge >= 0.3 is 0 Å². The molecule has 0 atom stereocenters. The molecule has 0 saturated heterocycles. The highest BCUT2D eigenvalue weighted by Crippen LogP contribution is 2.18. The lowest BCUT2D eigenvalue weighted by atomic mass is 10.1. The third-order valence-electron chi connectivity index (χ3n) is 3.42. The van der Waals surface area contributed by atoms with Gasteiger partial charge in [0.25, 0.3) is 5.91 Å². The van der Waals surface area contributed by atoms with Crippen LogP contribution in [-0.4, -0.2) is 25.0 Å². The van der Waals surface area contributed by atoms with E-state index < -0.39 is 0 Å². The molecule has 6 heteroatoms. The van der Waals surface area contributed by atoms with Crippen LogP contribution in [0.3, 0.4) is 0 Å². The first-order valence-electron chi connectivity index (χ1n) is 8.10. The van der Waals surface area contributed by atoms with Crippen LogP contribution in [0.1, 0.15) is 18.9 Å². The Morgan fingerprint density at radius 3 is 2.56 bits per heavy atom. The lowest BCUT2D eigenvalue weighted by molar-refractivity contribution is -0.123. The number of hydrogen-bond donors (Lipinski definition) is 2. The average Bonchev–Trinajstić information content (AvgIpc) is 2.60. The zero-order valence-corrected chi connectivity index (χ0v) is 14.8. The van der Waals surface area contributed by atoms with E-state index in [0.717, 1.165) is 5.56 Å². The normalized spacial score (nSPS) is 10.2. The predicted molar refractivity (Wildman–Crippen MR) is 99.0 cm³/mol. The molecule has 0 unspecified atom stereocenters. The highest BCUT2D eigenvalue weighted by Gasteiger charge is 2.06.